The summed E-state index contributed by atoms with van der Waals surface area (Å²) in [4.78, 5) is 17.2. The Morgan fingerprint density at radius 3 is 2.48 bits per heavy atom. The lowest BCUT2D eigenvalue weighted by Crippen LogP contribution is -2.17. The predicted molar refractivity (Wildman–Crippen MR) is 111 cm³/mol. The molecule has 0 bridgehead atoms. The Labute approximate surface area is 170 Å². The average Bonchev–Trinajstić information content (AvgIpc) is 3.08. The molecule has 0 unspecified atom stereocenters. The summed E-state index contributed by atoms with van der Waals surface area (Å²) in [5, 5.41) is 0. The van der Waals surface area contributed by atoms with Gasteiger partial charge in [0.05, 0.1) is 16.8 Å². The smallest absolute Gasteiger partial charge is 0.279 e. The molecule has 1 amide bonds. The van der Waals surface area contributed by atoms with Gasteiger partial charge in [-0.1, -0.05) is 41.5 Å². The van der Waals surface area contributed by atoms with E-state index >= 15 is 0 Å². The number of terminal acetylenes is 1. The summed E-state index contributed by atoms with van der Waals surface area (Å²) in [6.45, 7) is 0.122. The fourth-order valence-electron chi connectivity index (χ4n) is 2.85. The van der Waals surface area contributed by atoms with Gasteiger partial charge in [-0.15, -0.1) is 6.42 Å². The molecule has 0 aliphatic rings. The predicted octanol–water partition coefficient (Wildman–Crippen LogP) is 5.01. The van der Waals surface area contributed by atoms with Crippen molar-refractivity contribution in [3.05, 3.63) is 89.0 Å². The summed E-state index contributed by atoms with van der Waals surface area (Å²) in [5.74, 6) is 2.97. The summed E-state index contributed by atoms with van der Waals surface area (Å²) in [7, 11) is 0. The van der Waals surface area contributed by atoms with Gasteiger partial charge in [-0.25, -0.2) is 4.39 Å². The highest BCUT2D eigenvalue weighted by molar-refractivity contribution is 7.16. The summed E-state index contributed by atoms with van der Waals surface area (Å²) < 4.78 is 22.2. The van der Waals surface area contributed by atoms with Gasteiger partial charge in [0.25, 0.3) is 5.91 Å². The third kappa shape index (κ3) is 3.96. The SMILES string of the molecule is C#CCn1c(=NC(=O)c2ccc(Oc3ccccc3)cc2)sc2cccc(F)c21. The molecule has 0 saturated carbocycles. The fourth-order valence-corrected chi connectivity index (χ4v) is 3.89. The second-order valence-corrected chi connectivity index (χ2v) is 7.13. The number of para-hydroxylation sites is 2. The number of hydrogen-bond acceptors (Lipinski definition) is 3. The first kappa shape index (κ1) is 18.7. The number of benzene rings is 3. The van der Waals surface area contributed by atoms with E-state index in [0.717, 1.165) is 0 Å². The first-order valence-corrected chi connectivity index (χ1v) is 9.61. The van der Waals surface area contributed by atoms with Gasteiger partial charge in [-0.2, -0.15) is 4.99 Å². The number of carbonyl (C=O) groups is 1. The molecule has 29 heavy (non-hydrogen) atoms. The highest BCUT2D eigenvalue weighted by Gasteiger charge is 2.12. The number of halogens is 1. The molecule has 0 aliphatic heterocycles. The normalized spacial score (nSPS) is 11.4. The zero-order valence-corrected chi connectivity index (χ0v) is 16.0. The zero-order valence-electron chi connectivity index (χ0n) is 15.2. The van der Waals surface area contributed by atoms with Crippen LogP contribution in [0.2, 0.25) is 0 Å². The van der Waals surface area contributed by atoms with Crippen LogP contribution in [0.25, 0.3) is 10.2 Å². The van der Waals surface area contributed by atoms with E-state index in [2.05, 4.69) is 10.9 Å². The van der Waals surface area contributed by atoms with Crippen molar-refractivity contribution >= 4 is 27.5 Å². The van der Waals surface area contributed by atoms with E-state index in [1.165, 1.54) is 17.4 Å². The molecular weight excluding hydrogens is 387 g/mol. The van der Waals surface area contributed by atoms with Gasteiger partial charge in [0.2, 0.25) is 0 Å². The molecule has 0 aliphatic carbocycles. The lowest BCUT2D eigenvalue weighted by molar-refractivity contribution is 0.0998. The highest BCUT2D eigenvalue weighted by Crippen LogP contribution is 2.22. The lowest BCUT2D eigenvalue weighted by atomic mass is 10.2. The molecular formula is C23H15FN2O2S. The largest absolute Gasteiger partial charge is 0.457 e. The standard InChI is InChI=1S/C23H15FN2O2S/c1-2-15-26-21-19(24)9-6-10-20(21)29-23(26)25-22(27)16-11-13-18(14-12-16)28-17-7-4-3-5-8-17/h1,3-14H,15H2. The molecule has 0 atom stereocenters. The van der Waals surface area contributed by atoms with Crippen LogP contribution < -0.4 is 9.54 Å². The Hall–Kier alpha value is -3.69. The van der Waals surface area contributed by atoms with Crippen LogP contribution >= 0.6 is 11.3 Å². The van der Waals surface area contributed by atoms with E-state index in [0.29, 0.717) is 32.1 Å². The Bertz CT molecular complexity index is 1280. The molecule has 6 heteroatoms. The fraction of sp³-hybridized carbons (Fsp3) is 0.0435. The lowest BCUT2D eigenvalue weighted by Gasteiger charge is -2.05. The van der Waals surface area contributed by atoms with Crippen LogP contribution in [0.1, 0.15) is 10.4 Å². The van der Waals surface area contributed by atoms with Crippen LogP contribution in [0.4, 0.5) is 4.39 Å². The third-order valence-electron chi connectivity index (χ3n) is 4.18. The number of amides is 1. The minimum Gasteiger partial charge on any atom is -0.457 e. The second-order valence-electron chi connectivity index (χ2n) is 6.12. The van der Waals surface area contributed by atoms with E-state index in [1.807, 2.05) is 30.3 Å². The minimum atomic E-state index is -0.436. The van der Waals surface area contributed by atoms with Gasteiger partial charge >= 0.3 is 0 Å². The molecule has 4 aromatic rings. The molecule has 0 fully saturated rings. The van der Waals surface area contributed by atoms with Crippen molar-refractivity contribution in [1.82, 2.24) is 4.57 Å². The van der Waals surface area contributed by atoms with E-state index in [1.54, 1.807) is 41.0 Å². The average molecular weight is 402 g/mol. The van der Waals surface area contributed by atoms with Crippen molar-refractivity contribution < 1.29 is 13.9 Å². The van der Waals surface area contributed by atoms with Gasteiger partial charge in [0, 0.05) is 5.56 Å². The van der Waals surface area contributed by atoms with Crippen molar-refractivity contribution in [3.63, 3.8) is 0 Å². The topological polar surface area (TPSA) is 43.6 Å². The van der Waals surface area contributed by atoms with Crippen molar-refractivity contribution in [1.29, 1.82) is 0 Å². The first-order valence-electron chi connectivity index (χ1n) is 8.79. The number of fused-ring (bicyclic) bond motifs is 1. The van der Waals surface area contributed by atoms with Crippen molar-refractivity contribution in [2.75, 3.05) is 0 Å². The van der Waals surface area contributed by atoms with Crippen LogP contribution in [0.15, 0.2) is 77.8 Å². The molecule has 4 nitrogen and oxygen atoms in total. The number of thiazole rings is 1. The van der Waals surface area contributed by atoms with Crippen LogP contribution in [0.5, 0.6) is 11.5 Å². The number of aromatic nitrogens is 1. The number of carbonyl (C=O) groups excluding carboxylic acids is 1. The summed E-state index contributed by atoms with van der Waals surface area (Å²) in [6, 6.07) is 20.8. The van der Waals surface area contributed by atoms with Gasteiger partial charge in [0.1, 0.15) is 17.3 Å². The van der Waals surface area contributed by atoms with E-state index in [9.17, 15) is 9.18 Å². The first-order chi connectivity index (χ1) is 14.2. The van der Waals surface area contributed by atoms with Crippen LogP contribution in [0.3, 0.4) is 0 Å². The van der Waals surface area contributed by atoms with E-state index in [4.69, 9.17) is 11.2 Å². The van der Waals surface area contributed by atoms with Gasteiger partial charge in [-0.3, -0.25) is 4.79 Å². The molecule has 0 N–H and O–H groups in total. The number of ether oxygens (including phenoxy) is 1. The third-order valence-corrected chi connectivity index (χ3v) is 5.22. The van der Waals surface area contributed by atoms with Gasteiger partial charge in [0.15, 0.2) is 4.80 Å². The molecule has 4 rings (SSSR count). The van der Waals surface area contributed by atoms with Crippen molar-refractivity contribution in [2.24, 2.45) is 4.99 Å². The molecule has 3 aromatic carbocycles. The Kier molecular flexibility index (Phi) is 5.23. The number of rotatable bonds is 4. The maximum atomic E-state index is 14.2. The van der Waals surface area contributed by atoms with Crippen LogP contribution in [0, 0.1) is 18.2 Å². The van der Waals surface area contributed by atoms with Crippen molar-refractivity contribution in [2.45, 2.75) is 6.54 Å². The maximum absolute atomic E-state index is 14.2. The maximum Gasteiger partial charge on any atom is 0.279 e. The summed E-state index contributed by atoms with van der Waals surface area (Å²) in [6.07, 6.45) is 5.42. The monoisotopic (exact) mass is 402 g/mol. The number of hydrogen-bond donors (Lipinski definition) is 0. The Morgan fingerprint density at radius 2 is 1.76 bits per heavy atom. The molecule has 0 spiro atoms. The van der Waals surface area contributed by atoms with E-state index in [-0.39, 0.29) is 6.54 Å². The second kappa shape index (κ2) is 8.13. The molecule has 0 radical (unpaired) electrons. The Balaban J connectivity index is 1.65. The molecule has 142 valence electrons. The summed E-state index contributed by atoms with van der Waals surface area (Å²) in [5.41, 5.74) is 0.754. The molecule has 1 heterocycles. The Morgan fingerprint density at radius 1 is 1.03 bits per heavy atom. The quantitative estimate of drug-likeness (QED) is 0.451. The number of nitrogens with zero attached hydrogens (tertiary/aromatic N) is 2. The van der Waals surface area contributed by atoms with E-state index < -0.39 is 11.7 Å². The molecule has 0 saturated heterocycles. The highest BCUT2D eigenvalue weighted by atomic mass is 32.1. The summed E-state index contributed by atoms with van der Waals surface area (Å²) >= 11 is 1.22. The van der Waals surface area contributed by atoms with Gasteiger partial charge in [-0.05, 0) is 48.5 Å². The van der Waals surface area contributed by atoms with Crippen LogP contribution in [-0.2, 0) is 6.54 Å². The van der Waals surface area contributed by atoms with Crippen LogP contribution in [-0.4, -0.2) is 10.5 Å². The minimum absolute atomic E-state index is 0.122. The zero-order chi connectivity index (χ0) is 20.2. The van der Waals surface area contributed by atoms with Gasteiger partial charge < -0.3 is 9.30 Å². The molecule has 1 aromatic heterocycles. The van der Waals surface area contributed by atoms with Crippen molar-refractivity contribution in [3.8, 4) is 23.8 Å².